The van der Waals surface area contributed by atoms with Crippen molar-refractivity contribution in [1.82, 2.24) is 20.0 Å². The highest BCUT2D eigenvalue weighted by molar-refractivity contribution is 7.98. The largest absolute Gasteiger partial charge is 0.410 e. The lowest BCUT2D eigenvalue weighted by molar-refractivity contribution is 0.466. The van der Waals surface area contributed by atoms with E-state index in [4.69, 9.17) is 9.52 Å². The van der Waals surface area contributed by atoms with Crippen molar-refractivity contribution < 1.29 is 4.42 Å². The summed E-state index contributed by atoms with van der Waals surface area (Å²) in [5.41, 5.74) is 4.18. The van der Waals surface area contributed by atoms with Gasteiger partial charge in [0.1, 0.15) is 0 Å². The first kappa shape index (κ1) is 17.9. The maximum atomic E-state index is 5.81. The zero-order chi connectivity index (χ0) is 19.5. The van der Waals surface area contributed by atoms with Crippen molar-refractivity contribution >= 4 is 23.1 Å². The van der Waals surface area contributed by atoms with Gasteiger partial charge in [0.2, 0.25) is 0 Å². The molecular formula is C22H16N4OS2. The van der Waals surface area contributed by atoms with Gasteiger partial charge in [-0.05, 0) is 23.6 Å². The number of benzene rings is 2. The predicted octanol–water partition coefficient (Wildman–Crippen LogP) is 5.94. The maximum absolute atomic E-state index is 5.81. The Hall–Kier alpha value is -3.16. The van der Waals surface area contributed by atoms with Crippen LogP contribution in [0, 0.1) is 0 Å². The average molecular weight is 417 g/mol. The van der Waals surface area contributed by atoms with Crippen LogP contribution in [0.1, 0.15) is 5.56 Å². The number of hydrogen-bond acceptors (Lipinski definition) is 6. The van der Waals surface area contributed by atoms with Gasteiger partial charge in [0.15, 0.2) is 0 Å². The molecule has 0 aliphatic rings. The van der Waals surface area contributed by atoms with Gasteiger partial charge in [0.05, 0.1) is 16.3 Å². The van der Waals surface area contributed by atoms with Crippen LogP contribution in [0.3, 0.4) is 0 Å². The predicted molar refractivity (Wildman–Crippen MR) is 116 cm³/mol. The summed E-state index contributed by atoms with van der Waals surface area (Å²) in [6.45, 7) is 0. The van der Waals surface area contributed by atoms with Crippen molar-refractivity contribution in [1.29, 1.82) is 0 Å². The number of nitrogens with zero attached hydrogens (tertiary/aromatic N) is 4. The molecule has 29 heavy (non-hydrogen) atoms. The lowest BCUT2D eigenvalue weighted by Gasteiger charge is -2.01. The first-order chi connectivity index (χ1) is 14.4. The van der Waals surface area contributed by atoms with E-state index < -0.39 is 0 Å². The number of thioether (sulfide) groups is 1. The molecule has 142 valence electrons. The average Bonchev–Trinajstić information content (AvgIpc) is 3.54. The highest BCUT2D eigenvalue weighted by Crippen LogP contribution is 2.31. The molecule has 0 bridgehead atoms. The summed E-state index contributed by atoms with van der Waals surface area (Å²) < 4.78 is 7.73. The van der Waals surface area contributed by atoms with Crippen LogP contribution in [0.5, 0.6) is 0 Å². The van der Waals surface area contributed by atoms with E-state index in [0.29, 0.717) is 16.9 Å². The van der Waals surface area contributed by atoms with E-state index in [1.807, 2.05) is 70.7 Å². The first-order valence-electron chi connectivity index (χ1n) is 9.06. The third-order valence-corrected chi connectivity index (χ3v) is 6.07. The Morgan fingerprint density at radius 1 is 0.897 bits per heavy atom. The molecular weight excluding hydrogens is 400 g/mol. The summed E-state index contributed by atoms with van der Waals surface area (Å²) in [5.74, 6) is 1.24. The molecule has 2 aromatic carbocycles. The fourth-order valence-corrected chi connectivity index (χ4v) is 4.35. The minimum absolute atomic E-state index is 0.555. The van der Waals surface area contributed by atoms with Crippen LogP contribution in [-0.2, 0) is 5.75 Å². The van der Waals surface area contributed by atoms with Crippen LogP contribution in [-0.4, -0.2) is 20.0 Å². The monoisotopic (exact) mass is 416 g/mol. The third-order valence-electron chi connectivity index (χ3n) is 4.35. The number of rotatable bonds is 6. The van der Waals surface area contributed by atoms with Gasteiger partial charge in [0.25, 0.3) is 11.1 Å². The van der Waals surface area contributed by atoms with Gasteiger partial charge < -0.3 is 4.42 Å². The highest BCUT2D eigenvalue weighted by atomic mass is 32.2. The molecule has 0 saturated carbocycles. The zero-order valence-corrected chi connectivity index (χ0v) is 16.9. The van der Waals surface area contributed by atoms with E-state index in [0.717, 1.165) is 27.4 Å². The Morgan fingerprint density at radius 3 is 2.45 bits per heavy atom. The minimum atomic E-state index is 0.555. The lowest BCUT2D eigenvalue weighted by Crippen LogP contribution is -1.93. The SMILES string of the molecule is c1ccc(-c2nn(-c3ccccc3)cc2CSc2nnc(-c3cccs3)o2)cc1. The smallest absolute Gasteiger partial charge is 0.277 e. The molecule has 0 saturated heterocycles. The van der Waals surface area contributed by atoms with E-state index in [1.165, 1.54) is 11.8 Å². The molecule has 0 amide bonds. The second-order valence-corrected chi connectivity index (χ2v) is 8.16. The Balaban J connectivity index is 1.43. The van der Waals surface area contributed by atoms with Crippen LogP contribution < -0.4 is 0 Å². The first-order valence-corrected chi connectivity index (χ1v) is 10.9. The van der Waals surface area contributed by atoms with E-state index in [1.54, 1.807) is 11.3 Å². The fourth-order valence-electron chi connectivity index (χ4n) is 2.97. The summed E-state index contributed by atoms with van der Waals surface area (Å²) in [5, 5.41) is 15.7. The molecule has 5 aromatic rings. The second-order valence-electron chi connectivity index (χ2n) is 6.29. The molecule has 5 rings (SSSR count). The molecule has 5 nitrogen and oxygen atoms in total. The van der Waals surface area contributed by atoms with Crippen molar-refractivity contribution in [2.45, 2.75) is 11.0 Å². The van der Waals surface area contributed by atoms with Gasteiger partial charge in [0, 0.05) is 23.1 Å². The van der Waals surface area contributed by atoms with Gasteiger partial charge >= 0.3 is 0 Å². The summed E-state index contributed by atoms with van der Waals surface area (Å²) in [7, 11) is 0. The number of aromatic nitrogens is 4. The summed E-state index contributed by atoms with van der Waals surface area (Å²) in [6, 6.07) is 24.3. The van der Waals surface area contributed by atoms with Gasteiger partial charge in [-0.15, -0.1) is 21.5 Å². The minimum Gasteiger partial charge on any atom is -0.410 e. The van der Waals surface area contributed by atoms with Crippen LogP contribution >= 0.6 is 23.1 Å². The Labute approximate surface area is 176 Å². The van der Waals surface area contributed by atoms with Crippen molar-refractivity contribution in [3.63, 3.8) is 0 Å². The Kier molecular flexibility index (Phi) is 4.98. The summed E-state index contributed by atoms with van der Waals surface area (Å²) in [6.07, 6.45) is 2.07. The molecule has 0 spiro atoms. The molecule has 0 aliphatic carbocycles. The fraction of sp³-hybridized carbons (Fsp3) is 0.0455. The number of thiophene rings is 1. The van der Waals surface area contributed by atoms with E-state index in [9.17, 15) is 0 Å². The van der Waals surface area contributed by atoms with Gasteiger partial charge in [-0.3, -0.25) is 0 Å². The summed E-state index contributed by atoms with van der Waals surface area (Å²) in [4.78, 5) is 0.978. The normalized spacial score (nSPS) is 11.0. The van der Waals surface area contributed by atoms with Gasteiger partial charge in [-0.1, -0.05) is 66.4 Å². The van der Waals surface area contributed by atoms with E-state index in [-0.39, 0.29) is 0 Å². The third kappa shape index (κ3) is 3.87. The van der Waals surface area contributed by atoms with Crippen molar-refractivity contribution in [3.8, 4) is 27.7 Å². The second kappa shape index (κ2) is 8.06. The van der Waals surface area contributed by atoms with Gasteiger partial charge in [-0.2, -0.15) is 5.10 Å². The molecule has 0 aliphatic heterocycles. The molecule has 0 unspecified atom stereocenters. The van der Waals surface area contributed by atoms with Crippen LogP contribution in [0.4, 0.5) is 0 Å². The molecule has 0 fully saturated rings. The zero-order valence-electron chi connectivity index (χ0n) is 15.3. The van der Waals surface area contributed by atoms with Crippen LogP contribution in [0.15, 0.2) is 94.0 Å². The highest BCUT2D eigenvalue weighted by Gasteiger charge is 2.15. The van der Waals surface area contributed by atoms with Crippen molar-refractivity contribution in [3.05, 3.63) is 89.9 Å². The molecule has 0 N–H and O–H groups in total. The van der Waals surface area contributed by atoms with Gasteiger partial charge in [-0.25, -0.2) is 4.68 Å². The standard InChI is InChI=1S/C22H16N4OS2/c1-3-8-16(9-4-1)20-17(14-26(25-20)18-10-5-2-6-11-18)15-29-22-24-23-21(27-22)19-12-7-13-28-19/h1-14H,15H2. The molecule has 0 atom stereocenters. The van der Waals surface area contributed by atoms with Crippen LogP contribution in [0.25, 0.3) is 27.7 Å². The quantitative estimate of drug-likeness (QED) is 0.321. The Morgan fingerprint density at radius 2 is 1.69 bits per heavy atom. The van der Waals surface area contributed by atoms with Crippen molar-refractivity contribution in [2.24, 2.45) is 0 Å². The topological polar surface area (TPSA) is 56.7 Å². The van der Waals surface area contributed by atoms with E-state index >= 15 is 0 Å². The molecule has 3 aromatic heterocycles. The number of hydrogen-bond donors (Lipinski definition) is 0. The van der Waals surface area contributed by atoms with Crippen LogP contribution in [0.2, 0.25) is 0 Å². The van der Waals surface area contributed by atoms with Crippen molar-refractivity contribution in [2.75, 3.05) is 0 Å². The molecule has 7 heteroatoms. The number of para-hydroxylation sites is 1. The van der Waals surface area contributed by atoms with E-state index in [2.05, 4.69) is 28.5 Å². The Bertz CT molecular complexity index is 1200. The molecule has 3 heterocycles. The molecule has 0 radical (unpaired) electrons. The maximum Gasteiger partial charge on any atom is 0.277 e. The summed E-state index contributed by atoms with van der Waals surface area (Å²) >= 11 is 3.11. The lowest BCUT2D eigenvalue weighted by atomic mass is 10.1.